The fourth-order valence-electron chi connectivity index (χ4n) is 0.998. The minimum absolute atomic E-state index is 0.0955. The van der Waals surface area contributed by atoms with Crippen LogP contribution in [-0.2, 0) is 4.74 Å². The van der Waals surface area contributed by atoms with Gasteiger partial charge in [0, 0.05) is 0 Å². The molecule has 0 aromatic heterocycles. The lowest BCUT2D eigenvalue weighted by Crippen LogP contribution is -2.43. The maximum absolute atomic E-state index is 9.18. The zero-order valence-electron chi connectivity index (χ0n) is 5.82. The molecule has 4 heteroatoms. The first-order valence-corrected chi connectivity index (χ1v) is 3.21. The van der Waals surface area contributed by atoms with Crippen LogP contribution in [0.3, 0.4) is 0 Å². The third kappa shape index (κ3) is 1.03. The number of hydrogen-bond donors (Lipinski definition) is 3. The van der Waals surface area contributed by atoms with E-state index in [4.69, 9.17) is 14.9 Å². The summed E-state index contributed by atoms with van der Waals surface area (Å²) in [5, 5.41) is 26.9. The van der Waals surface area contributed by atoms with Gasteiger partial charge in [-0.2, -0.15) is 0 Å². The van der Waals surface area contributed by atoms with Crippen molar-refractivity contribution in [3.8, 4) is 0 Å². The second-order valence-electron chi connectivity index (χ2n) is 2.79. The molecule has 0 bridgehead atoms. The maximum Gasteiger partial charge on any atom is 0.117 e. The lowest BCUT2D eigenvalue weighted by atomic mass is 9.99. The highest BCUT2D eigenvalue weighted by Gasteiger charge is 2.44. The molecule has 1 aliphatic heterocycles. The van der Waals surface area contributed by atoms with E-state index in [1.165, 1.54) is 0 Å². The zero-order valence-corrected chi connectivity index (χ0v) is 5.82. The van der Waals surface area contributed by atoms with Gasteiger partial charge >= 0.3 is 0 Å². The van der Waals surface area contributed by atoms with Gasteiger partial charge in [0.2, 0.25) is 0 Å². The molecular weight excluding hydrogens is 136 g/mol. The van der Waals surface area contributed by atoms with Crippen molar-refractivity contribution in [2.24, 2.45) is 0 Å². The molecule has 0 amide bonds. The van der Waals surface area contributed by atoms with E-state index in [9.17, 15) is 5.11 Å². The van der Waals surface area contributed by atoms with E-state index in [-0.39, 0.29) is 13.2 Å². The van der Waals surface area contributed by atoms with E-state index >= 15 is 0 Å². The van der Waals surface area contributed by atoms with Crippen LogP contribution in [0, 0.1) is 0 Å². The third-order valence-corrected chi connectivity index (χ3v) is 1.89. The van der Waals surface area contributed by atoms with Crippen LogP contribution >= 0.6 is 0 Å². The fraction of sp³-hybridized carbons (Fsp3) is 1.00. The lowest BCUT2D eigenvalue weighted by molar-refractivity contribution is -0.0816. The second-order valence-corrected chi connectivity index (χ2v) is 2.79. The number of aliphatic hydroxyl groups is 3. The molecule has 1 fully saturated rings. The molecule has 4 nitrogen and oxygen atoms in total. The summed E-state index contributed by atoms with van der Waals surface area (Å²) < 4.78 is 4.96. The summed E-state index contributed by atoms with van der Waals surface area (Å²) >= 11 is 0. The van der Waals surface area contributed by atoms with Crippen molar-refractivity contribution < 1.29 is 20.1 Å². The Morgan fingerprint density at radius 3 is 2.40 bits per heavy atom. The molecule has 0 aromatic carbocycles. The quantitative estimate of drug-likeness (QED) is 0.423. The summed E-state index contributed by atoms with van der Waals surface area (Å²) in [5.74, 6) is 0. The normalized spacial score (nSPS) is 48.0. The van der Waals surface area contributed by atoms with Gasteiger partial charge in [0.15, 0.2) is 0 Å². The van der Waals surface area contributed by atoms with E-state index in [0.717, 1.165) is 0 Å². The van der Waals surface area contributed by atoms with E-state index in [2.05, 4.69) is 0 Å². The lowest BCUT2D eigenvalue weighted by Gasteiger charge is -2.24. The number of hydrogen-bond acceptors (Lipinski definition) is 4. The van der Waals surface area contributed by atoms with Gasteiger partial charge in [-0.3, -0.25) is 0 Å². The van der Waals surface area contributed by atoms with Crippen molar-refractivity contribution >= 4 is 0 Å². The van der Waals surface area contributed by atoms with Gasteiger partial charge in [0.25, 0.3) is 0 Å². The van der Waals surface area contributed by atoms with Crippen molar-refractivity contribution in [3.05, 3.63) is 0 Å². The first-order valence-electron chi connectivity index (χ1n) is 3.21. The Morgan fingerprint density at radius 1 is 1.60 bits per heavy atom. The molecule has 1 heterocycles. The number of ether oxygens (including phenoxy) is 1. The van der Waals surface area contributed by atoms with Gasteiger partial charge in [-0.25, -0.2) is 0 Å². The number of rotatable bonds is 1. The van der Waals surface area contributed by atoms with Crippen molar-refractivity contribution in [2.75, 3.05) is 13.2 Å². The van der Waals surface area contributed by atoms with Crippen molar-refractivity contribution in [3.63, 3.8) is 0 Å². The monoisotopic (exact) mass is 148 g/mol. The van der Waals surface area contributed by atoms with E-state index in [1.807, 2.05) is 0 Å². The summed E-state index contributed by atoms with van der Waals surface area (Å²) in [6, 6.07) is 0. The molecule has 3 N–H and O–H groups in total. The van der Waals surface area contributed by atoms with Crippen molar-refractivity contribution in [1.29, 1.82) is 0 Å². The van der Waals surface area contributed by atoms with Crippen LogP contribution in [0.2, 0.25) is 0 Å². The minimum atomic E-state index is -0.975. The van der Waals surface area contributed by atoms with Gasteiger partial charge in [0.05, 0.1) is 13.2 Å². The Kier molecular flexibility index (Phi) is 1.96. The molecule has 0 spiro atoms. The smallest absolute Gasteiger partial charge is 0.117 e. The second kappa shape index (κ2) is 2.47. The molecule has 3 atom stereocenters. The van der Waals surface area contributed by atoms with E-state index < -0.39 is 17.8 Å². The zero-order chi connectivity index (χ0) is 7.78. The van der Waals surface area contributed by atoms with Crippen LogP contribution in [-0.4, -0.2) is 46.3 Å². The van der Waals surface area contributed by atoms with Crippen molar-refractivity contribution in [2.45, 2.75) is 24.7 Å². The molecule has 3 unspecified atom stereocenters. The largest absolute Gasteiger partial charge is 0.393 e. The SMILES string of the molecule is CC1(CO)OCC(O)C1O. The standard InChI is InChI=1S/C6H12O4/c1-6(3-7)5(9)4(8)2-10-6/h4-5,7-9H,2-3H2,1H3. The molecule has 1 rings (SSSR count). The van der Waals surface area contributed by atoms with Crippen LogP contribution in [0.15, 0.2) is 0 Å². The first kappa shape index (κ1) is 7.94. The predicted octanol–water partition coefficient (Wildman–Crippen LogP) is -1.51. The highest BCUT2D eigenvalue weighted by molar-refractivity contribution is 4.93. The highest BCUT2D eigenvalue weighted by atomic mass is 16.6. The summed E-state index contributed by atoms with van der Waals surface area (Å²) in [6.07, 6.45) is -1.84. The van der Waals surface area contributed by atoms with Gasteiger partial charge in [-0.05, 0) is 6.92 Å². The molecular formula is C6H12O4. The Bertz CT molecular complexity index is 127. The molecule has 60 valence electrons. The Balaban J connectivity index is 2.64. The Morgan fingerprint density at radius 2 is 2.20 bits per heavy atom. The Hall–Kier alpha value is -0.160. The summed E-state index contributed by atoms with van der Waals surface area (Å²) in [7, 11) is 0. The average molecular weight is 148 g/mol. The van der Waals surface area contributed by atoms with Gasteiger partial charge < -0.3 is 20.1 Å². The fourth-order valence-corrected chi connectivity index (χ4v) is 0.998. The Labute approximate surface area is 59.1 Å². The van der Waals surface area contributed by atoms with Gasteiger partial charge in [-0.1, -0.05) is 0 Å². The molecule has 0 aromatic rings. The summed E-state index contributed by atoms with van der Waals surface area (Å²) in [5.41, 5.74) is -0.973. The number of aliphatic hydroxyl groups excluding tert-OH is 3. The average Bonchev–Trinajstić information content (AvgIpc) is 2.19. The minimum Gasteiger partial charge on any atom is -0.393 e. The van der Waals surface area contributed by atoms with Crippen LogP contribution in [0.4, 0.5) is 0 Å². The van der Waals surface area contributed by atoms with Gasteiger partial charge in [-0.15, -0.1) is 0 Å². The van der Waals surface area contributed by atoms with Gasteiger partial charge in [0.1, 0.15) is 17.8 Å². The highest BCUT2D eigenvalue weighted by Crippen LogP contribution is 2.24. The molecule has 0 radical (unpaired) electrons. The van der Waals surface area contributed by atoms with Crippen molar-refractivity contribution in [1.82, 2.24) is 0 Å². The third-order valence-electron chi connectivity index (χ3n) is 1.89. The van der Waals surface area contributed by atoms with E-state index in [1.54, 1.807) is 6.92 Å². The predicted molar refractivity (Wildman–Crippen MR) is 33.5 cm³/mol. The maximum atomic E-state index is 9.18. The van der Waals surface area contributed by atoms with Crippen LogP contribution in [0.25, 0.3) is 0 Å². The molecule has 1 saturated heterocycles. The topological polar surface area (TPSA) is 69.9 Å². The molecule has 1 aliphatic rings. The summed E-state index contributed by atoms with van der Waals surface area (Å²) in [6.45, 7) is 1.39. The van der Waals surface area contributed by atoms with Crippen LogP contribution < -0.4 is 0 Å². The van der Waals surface area contributed by atoms with Crippen LogP contribution in [0.5, 0.6) is 0 Å². The van der Waals surface area contributed by atoms with Crippen LogP contribution in [0.1, 0.15) is 6.92 Å². The molecule has 0 saturated carbocycles. The first-order chi connectivity index (χ1) is 4.60. The molecule has 0 aliphatic carbocycles. The molecule has 10 heavy (non-hydrogen) atoms. The van der Waals surface area contributed by atoms with E-state index in [0.29, 0.717) is 0 Å². The summed E-state index contributed by atoms with van der Waals surface area (Å²) in [4.78, 5) is 0.